The highest BCUT2D eigenvalue weighted by Crippen LogP contribution is 2.40. The van der Waals surface area contributed by atoms with E-state index in [1.165, 1.54) is 18.6 Å². The van der Waals surface area contributed by atoms with Gasteiger partial charge in [-0.05, 0) is 49.9 Å². The number of benzene rings is 1. The molecule has 0 unspecified atom stereocenters. The second-order valence-electron chi connectivity index (χ2n) is 6.66. The van der Waals surface area contributed by atoms with E-state index in [-0.39, 0.29) is 12.8 Å². The smallest absolute Gasteiger partial charge is 0.303 e. The lowest BCUT2D eigenvalue weighted by molar-refractivity contribution is -0.137. The molecule has 0 spiro atoms. The number of aliphatic carboxylic acids is 1. The molecule has 0 amide bonds. The summed E-state index contributed by atoms with van der Waals surface area (Å²) in [6.45, 7) is 1.59. The van der Waals surface area contributed by atoms with Crippen LogP contribution in [0.2, 0.25) is 0 Å². The fourth-order valence-electron chi connectivity index (χ4n) is 2.77. The first kappa shape index (κ1) is 19.6. The molecule has 0 aliphatic heterocycles. The zero-order valence-corrected chi connectivity index (χ0v) is 15.8. The van der Waals surface area contributed by atoms with Gasteiger partial charge < -0.3 is 9.84 Å². The molecule has 144 valence electrons. The molecular formula is C20H21F2NO3S. The van der Waals surface area contributed by atoms with Gasteiger partial charge in [-0.15, -0.1) is 11.8 Å². The molecule has 0 saturated heterocycles. The molecular weight excluding hydrogens is 372 g/mol. The van der Waals surface area contributed by atoms with Gasteiger partial charge in [-0.1, -0.05) is 12.5 Å². The summed E-state index contributed by atoms with van der Waals surface area (Å²) >= 11 is 1.64. The summed E-state index contributed by atoms with van der Waals surface area (Å²) < 4.78 is 34.3. The standard InChI is InChI=1S/C20H21F2NO3S/c1-12(7-8-18(24)25)26-19-16(21)10-13(11-17(19)22)15-6-3-9-23-20(15)27-14-4-2-5-14/h3,6,9-12,14H,2,4-5,7-8H2,1H3,(H,24,25)/t12-/m0/s1. The zero-order valence-electron chi connectivity index (χ0n) is 15.0. The summed E-state index contributed by atoms with van der Waals surface area (Å²) in [5.41, 5.74) is 1.10. The van der Waals surface area contributed by atoms with Crippen LogP contribution in [0.5, 0.6) is 5.75 Å². The molecule has 1 aromatic carbocycles. The first-order valence-electron chi connectivity index (χ1n) is 8.93. The zero-order chi connectivity index (χ0) is 19.4. The molecule has 1 saturated carbocycles. The van der Waals surface area contributed by atoms with Crippen molar-refractivity contribution in [2.24, 2.45) is 0 Å². The topological polar surface area (TPSA) is 59.4 Å². The number of thioether (sulfide) groups is 1. The number of ether oxygens (including phenoxy) is 1. The van der Waals surface area contributed by atoms with Gasteiger partial charge in [0, 0.05) is 23.4 Å². The van der Waals surface area contributed by atoms with Crippen LogP contribution in [0.3, 0.4) is 0 Å². The lowest BCUT2D eigenvalue weighted by atomic mass is 10.00. The largest absolute Gasteiger partial charge is 0.485 e. The second-order valence-corrected chi connectivity index (χ2v) is 7.95. The summed E-state index contributed by atoms with van der Waals surface area (Å²) in [4.78, 5) is 15.0. The molecule has 1 aromatic heterocycles. The van der Waals surface area contributed by atoms with Gasteiger partial charge in [-0.25, -0.2) is 13.8 Å². The van der Waals surface area contributed by atoms with Crippen molar-refractivity contribution in [2.75, 3.05) is 0 Å². The maximum Gasteiger partial charge on any atom is 0.303 e. The Morgan fingerprint density at radius 2 is 2.07 bits per heavy atom. The first-order chi connectivity index (χ1) is 12.9. The monoisotopic (exact) mass is 393 g/mol. The lowest BCUT2D eigenvalue weighted by Gasteiger charge is -2.25. The highest BCUT2D eigenvalue weighted by molar-refractivity contribution is 8.00. The quantitative estimate of drug-likeness (QED) is 0.659. The highest BCUT2D eigenvalue weighted by atomic mass is 32.2. The van der Waals surface area contributed by atoms with Gasteiger partial charge in [-0.2, -0.15) is 0 Å². The van der Waals surface area contributed by atoms with Crippen molar-refractivity contribution in [3.63, 3.8) is 0 Å². The summed E-state index contributed by atoms with van der Waals surface area (Å²) in [5.74, 6) is -3.07. The lowest BCUT2D eigenvalue weighted by Crippen LogP contribution is -2.15. The van der Waals surface area contributed by atoms with Crippen LogP contribution in [-0.4, -0.2) is 27.4 Å². The van der Waals surface area contributed by atoms with Crippen molar-refractivity contribution in [1.82, 2.24) is 4.98 Å². The van der Waals surface area contributed by atoms with Crippen molar-refractivity contribution in [3.8, 4) is 16.9 Å². The Morgan fingerprint density at radius 3 is 2.67 bits per heavy atom. The SMILES string of the molecule is C[C@@H](CCC(=O)O)Oc1c(F)cc(-c2cccnc2SC2CCC2)cc1F. The number of nitrogens with zero attached hydrogens (tertiary/aromatic N) is 1. The number of hydrogen-bond donors (Lipinski definition) is 1. The minimum absolute atomic E-state index is 0.125. The summed E-state index contributed by atoms with van der Waals surface area (Å²) in [7, 11) is 0. The number of pyridine rings is 1. The van der Waals surface area contributed by atoms with E-state index in [4.69, 9.17) is 9.84 Å². The van der Waals surface area contributed by atoms with E-state index < -0.39 is 29.5 Å². The Hall–Kier alpha value is -2.15. The van der Waals surface area contributed by atoms with E-state index in [9.17, 15) is 13.6 Å². The van der Waals surface area contributed by atoms with Crippen LogP contribution in [0.4, 0.5) is 8.78 Å². The maximum atomic E-state index is 14.5. The van der Waals surface area contributed by atoms with Gasteiger partial charge >= 0.3 is 5.97 Å². The third-order valence-corrected chi connectivity index (χ3v) is 5.85. The van der Waals surface area contributed by atoms with Crippen molar-refractivity contribution >= 4 is 17.7 Å². The van der Waals surface area contributed by atoms with Crippen molar-refractivity contribution in [2.45, 2.75) is 55.4 Å². The Labute approximate surface area is 161 Å². The Bertz CT molecular complexity index is 804. The van der Waals surface area contributed by atoms with Gasteiger partial charge in [0.25, 0.3) is 0 Å². The number of halogens is 2. The van der Waals surface area contributed by atoms with Crippen LogP contribution < -0.4 is 4.74 Å². The van der Waals surface area contributed by atoms with Gasteiger partial charge in [-0.3, -0.25) is 4.79 Å². The molecule has 27 heavy (non-hydrogen) atoms. The number of carbonyl (C=O) groups is 1. The first-order valence-corrected chi connectivity index (χ1v) is 9.81. The van der Waals surface area contributed by atoms with E-state index in [0.29, 0.717) is 16.4 Å². The van der Waals surface area contributed by atoms with E-state index in [1.807, 2.05) is 0 Å². The summed E-state index contributed by atoms with van der Waals surface area (Å²) in [6.07, 6.45) is 4.57. The summed E-state index contributed by atoms with van der Waals surface area (Å²) in [5, 5.41) is 9.97. The van der Waals surface area contributed by atoms with E-state index in [0.717, 1.165) is 17.9 Å². The van der Waals surface area contributed by atoms with Crippen LogP contribution >= 0.6 is 11.8 Å². The fourth-order valence-corrected chi connectivity index (χ4v) is 4.09. The van der Waals surface area contributed by atoms with Crippen molar-refractivity contribution in [3.05, 3.63) is 42.1 Å². The van der Waals surface area contributed by atoms with Crippen molar-refractivity contribution in [1.29, 1.82) is 0 Å². The molecule has 7 heteroatoms. The minimum Gasteiger partial charge on any atom is -0.485 e. The molecule has 2 aromatic rings. The van der Waals surface area contributed by atoms with Crippen LogP contribution in [-0.2, 0) is 4.79 Å². The summed E-state index contributed by atoms with van der Waals surface area (Å²) in [6, 6.07) is 6.03. The van der Waals surface area contributed by atoms with Crippen LogP contribution in [0.15, 0.2) is 35.5 Å². The number of rotatable bonds is 8. The third-order valence-electron chi connectivity index (χ3n) is 4.49. The van der Waals surface area contributed by atoms with E-state index >= 15 is 0 Å². The van der Waals surface area contributed by atoms with Gasteiger partial charge in [0.2, 0.25) is 0 Å². The third kappa shape index (κ3) is 4.97. The number of carboxylic acids is 1. The predicted octanol–water partition coefficient (Wildman–Crippen LogP) is 5.30. The molecule has 4 nitrogen and oxygen atoms in total. The highest BCUT2D eigenvalue weighted by Gasteiger charge is 2.22. The molecule has 0 bridgehead atoms. The molecule has 3 rings (SSSR count). The Morgan fingerprint density at radius 1 is 1.37 bits per heavy atom. The fraction of sp³-hybridized carbons (Fsp3) is 0.400. The molecule has 1 aliphatic rings. The van der Waals surface area contributed by atoms with Crippen LogP contribution in [0, 0.1) is 11.6 Å². The van der Waals surface area contributed by atoms with Crippen molar-refractivity contribution < 1.29 is 23.4 Å². The van der Waals surface area contributed by atoms with Crippen LogP contribution in [0.25, 0.3) is 11.1 Å². The molecule has 1 aliphatic carbocycles. The minimum atomic E-state index is -0.977. The van der Waals surface area contributed by atoms with E-state index in [2.05, 4.69) is 4.98 Å². The molecule has 0 radical (unpaired) electrons. The average molecular weight is 393 g/mol. The average Bonchev–Trinajstić information content (AvgIpc) is 2.59. The molecule has 1 heterocycles. The maximum absolute atomic E-state index is 14.5. The van der Waals surface area contributed by atoms with E-state index in [1.54, 1.807) is 37.0 Å². The molecule has 1 fully saturated rings. The number of hydrogen-bond acceptors (Lipinski definition) is 4. The Balaban J connectivity index is 1.81. The number of carboxylic acid groups (broad SMARTS) is 1. The normalized spacial score (nSPS) is 15.2. The molecule has 1 atom stereocenters. The molecule has 1 N–H and O–H groups in total. The second kappa shape index (κ2) is 8.69. The van der Waals surface area contributed by atoms with Gasteiger partial charge in [0.1, 0.15) is 5.03 Å². The Kier molecular flexibility index (Phi) is 6.31. The van der Waals surface area contributed by atoms with Crippen LogP contribution in [0.1, 0.15) is 39.0 Å². The van der Waals surface area contributed by atoms with Gasteiger partial charge in [0.15, 0.2) is 17.4 Å². The predicted molar refractivity (Wildman–Crippen MR) is 100 cm³/mol. The van der Waals surface area contributed by atoms with Gasteiger partial charge in [0.05, 0.1) is 6.10 Å². The number of aromatic nitrogens is 1.